The van der Waals surface area contributed by atoms with Gasteiger partial charge in [0.05, 0.1) is 0 Å². The van der Waals surface area contributed by atoms with Gasteiger partial charge in [0.15, 0.2) is 0 Å². The first-order valence-corrected chi connectivity index (χ1v) is 8.93. The van der Waals surface area contributed by atoms with Crippen LogP contribution >= 0.6 is 15.9 Å². The summed E-state index contributed by atoms with van der Waals surface area (Å²) in [6, 6.07) is 7.09. The lowest BCUT2D eigenvalue weighted by Crippen LogP contribution is -2.09. The van der Waals surface area contributed by atoms with Crippen molar-refractivity contribution in [2.24, 2.45) is 5.92 Å². The Morgan fingerprint density at radius 3 is 2.32 bits per heavy atom. The first kappa shape index (κ1) is 15.1. The van der Waals surface area contributed by atoms with E-state index in [1.807, 2.05) is 0 Å². The fraction of sp³-hybridized carbons (Fsp3) is 0.667. The highest BCUT2D eigenvalue weighted by atomic mass is 79.9. The van der Waals surface area contributed by atoms with E-state index in [0.29, 0.717) is 4.83 Å². The average Bonchev–Trinajstić information content (AvgIpc) is 2.74. The molecule has 0 saturated heterocycles. The van der Waals surface area contributed by atoms with Gasteiger partial charge in [-0.25, -0.2) is 0 Å². The number of rotatable bonds is 4. The summed E-state index contributed by atoms with van der Waals surface area (Å²) in [5.41, 5.74) is 4.57. The lowest BCUT2D eigenvalue weighted by Gasteiger charge is -2.24. The zero-order valence-electron chi connectivity index (χ0n) is 12.4. The average molecular weight is 323 g/mol. The van der Waals surface area contributed by atoms with E-state index in [-0.39, 0.29) is 0 Å². The number of hydrogen-bond donors (Lipinski definition) is 0. The van der Waals surface area contributed by atoms with Gasteiger partial charge >= 0.3 is 0 Å². The van der Waals surface area contributed by atoms with Crippen molar-refractivity contribution in [2.45, 2.75) is 70.0 Å². The van der Waals surface area contributed by atoms with E-state index in [1.54, 1.807) is 5.56 Å². The number of aryl methyl sites for hydroxylation is 2. The highest BCUT2D eigenvalue weighted by Crippen LogP contribution is 2.41. The number of benzene rings is 1. The van der Waals surface area contributed by atoms with Crippen LogP contribution in [0, 0.1) is 5.92 Å². The van der Waals surface area contributed by atoms with Gasteiger partial charge in [0, 0.05) is 4.83 Å². The molecule has 1 atom stereocenters. The van der Waals surface area contributed by atoms with Crippen LogP contribution in [0.5, 0.6) is 0 Å². The van der Waals surface area contributed by atoms with Crippen LogP contribution in [-0.4, -0.2) is 0 Å². The molecule has 0 spiro atoms. The zero-order valence-corrected chi connectivity index (χ0v) is 14.0. The summed E-state index contributed by atoms with van der Waals surface area (Å²) in [6.07, 6.45) is 10.8. The molecule has 1 aliphatic rings. The Bertz CT molecular complexity index is 389. The summed E-state index contributed by atoms with van der Waals surface area (Å²) in [5, 5.41) is 0. The summed E-state index contributed by atoms with van der Waals surface area (Å²) in [7, 11) is 0. The van der Waals surface area contributed by atoms with Crippen LogP contribution in [0.25, 0.3) is 0 Å². The van der Waals surface area contributed by atoms with E-state index in [4.69, 9.17) is 0 Å². The fourth-order valence-corrected chi connectivity index (χ4v) is 4.26. The summed E-state index contributed by atoms with van der Waals surface area (Å²) in [6.45, 7) is 4.52. The monoisotopic (exact) mass is 322 g/mol. The molecule has 0 heterocycles. The Balaban J connectivity index is 2.22. The van der Waals surface area contributed by atoms with E-state index in [9.17, 15) is 0 Å². The van der Waals surface area contributed by atoms with Gasteiger partial charge < -0.3 is 0 Å². The second-order valence-corrected chi connectivity index (χ2v) is 6.88. The van der Waals surface area contributed by atoms with Crippen LogP contribution < -0.4 is 0 Å². The smallest absolute Gasteiger partial charge is 0.0426 e. The number of hydrogen-bond acceptors (Lipinski definition) is 0. The molecule has 1 fully saturated rings. The Labute approximate surface area is 127 Å². The molecule has 1 heteroatoms. The van der Waals surface area contributed by atoms with Gasteiger partial charge in [0.1, 0.15) is 0 Å². The van der Waals surface area contributed by atoms with Crippen molar-refractivity contribution in [3.05, 3.63) is 34.9 Å². The molecule has 1 aliphatic carbocycles. The van der Waals surface area contributed by atoms with Crippen molar-refractivity contribution in [1.29, 1.82) is 0 Å². The number of alkyl halides is 1. The minimum atomic E-state index is 0.562. The van der Waals surface area contributed by atoms with Crippen LogP contribution in [0.2, 0.25) is 0 Å². The predicted octanol–water partition coefficient (Wildman–Crippen LogP) is 6.22. The van der Waals surface area contributed by atoms with E-state index in [0.717, 1.165) is 18.8 Å². The molecule has 1 unspecified atom stereocenters. The fourth-order valence-electron chi connectivity index (χ4n) is 3.30. The number of halogens is 1. The van der Waals surface area contributed by atoms with E-state index in [1.165, 1.54) is 49.7 Å². The van der Waals surface area contributed by atoms with Gasteiger partial charge in [-0.15, -0.1) is 0 Å². The summed E-state index contributed by atoms with van der Waals surface area (Å²) < 4.78 is 0. The Hall–Kier alpha value is -0.300. The van der Waals surface area contributed by atoms with E-state index >= 15 is 0 Å². The van der Waals surface area contributed by atoms with Gasteiger partial charge in [0.25, 0.3) is 0 Å². The molecule has 0 aromatic heterocycles. The third kappa shape index (κ3) is 3.84. The van der Waals surface area contributed by atoms with E-state index in [2.05, 4.69) is 48.0 Å². The van der Waals surface area contributed by atoms with Gasteiger partial charge in [-0.3, -0.25) is 0 Å². The Morgan fingerprint density at radius 2 is 1.74 bits per heavy atom. The standard InChI is InChI=1S/C18H27Br/c1-3-14-11-12-15(4-2)17(13-14)18(19)16-9-7-5-6-8-10-16/h11-13,16,18H,3-10H2,1-2H3. The molecule has 0 bridgehead atoms. The van der Waals surface area contributed by atoms with Crippen molar-refractivity contribution in [3.63, 3.8) is 0 Å². The van der Waals surface area contributed by atoms with Crippen LogP contribution in [0.1, 0.15) is 73.9 Å². The van der Waals surface area contributed by atoms with Crippen molar-refractivity contribution >= 4 is 15.9 Å². The summed E-state index contributed by atoms with van der Waals surface area (Å²) in [5.74, 6) is 0.833. The third-order valence-corrected chi connectivity index (χ3v) is 5.85. The molecule has 0 N–H and O–H groups in total. The van der Waals surface area contributed by atoms with Crippen molar-refractivity contribution in [3.8, 4) is 0 Å². The molecule has 1 aromatic rings. The van der Waals surface area contributed by atoms with Gasteiger partial charge in [-0.05, 0) is 48.3 Å². The van der Waals surface area contributed by atoms with Gasteiger partial charge in [-0.2, -0.15) is 0 Å². The third-order valence-electron chi connectivity index (χ3n) is 4.61. The first-order valence-electron chi connectivity index (χ1n) is 8.02. The molecule has 2 rings (SSSR count). The van der Waals surface area contributed by atoms with Crippen molar-refractivity contribution < 1.29 is 0 Å². The van der Waals surface area contributed by atoms with Crippen LogP contribution in [-0.2, 0) is 12.8 Å². The molecule has 106 valence electrons. The SMILES string of the molecule is CCc1ccc(CC)c(C(Br)C2CCCCCC2)c1. The highest BCUT2D eigenvalue weighted by Gasteiger charge is 2.23. The topological polar surface area (TPSA) is 0 Å². The largest absolute Gasteiger partial charge is 0.0836 e. The molecule has 1 aromatic carbocycles. The predicted molar refractivity (Wildman–Crippen MR) is 88.1 cm³/mol. The second-order valence-electron chi connectivity index (χ2n) is 5.89. The minimum absolute atomic E-state index is 0.562. The Kier molecular flexibility index (Phi) is 5.94. The maximum Gasteiger partial charge on any atom is 0.0426 e. The quantitative estimate of drug-likeness (QED) is 0.456. The van der Waals surface area contributed by atoms with Gasteiger partial charge in [-0.1, -0.05) is 73.7 Å². The lowest BCUT2D eigenvalue weighted by atomic mass is 9.88. The minimum Gasteiger partial charge on any atom is -0.0836 e. The Morgan fingerprint density at radius 1 is 1.05 bits per heavy atom. The molecule has 1 saturated carbocycles. The molecular formula is C18H27Br. The summed E-state index contributed by atoms with van der Waals surface area (Å²) in [4.78, 5) is 0.562. The van der Waals surface area contributed by atoms with Crippen LogP contribution in [0.4, 0.5) is 0 Å². The molecule has 0 radical (unpaired) electrons. The summed E-state index contributed by atoms with van der Waals surface area (Å²) >= 11 is 4.04. The second kappa shape index (κ2) is 7.47. The maximum absolute atomic E-state index is 4.04. The highest BCUT2D eigenvalue weighted by molar-refractivity contribution is 9.09. The molecular weight excluding hydrogens is 296 g/mol. The maximum atomic E-state index is 4.04. The van der Waals surface area contributed by atoms with Crippen LogP contribution in [0.15, 0.2) is 18.2 Å². The van der Waals surface area contributed by atoms with Crippen molar-refractivity contribution in [1.82, 2.24) is 0 Å². The lowest BCUT2D eigenvalue weighted by molar-refractivity contribution is 0.453. The molecule has 0 nitrogen and oxygen atoms in total. The zero-order chi connectivity index (χ0) is 13.7. The van der Waals surface area contributed by atoms with Gasteiger partial charge in [0.2, 0.25) is 0 Å². The molecule has 19 heavy (non-hydrogen) atoms. The van der Waals surface area contributed by atoms with E-state index < -0.39 is 0 Å². The molecule has 0 aliphatic heterocycles. The van der Waals surface area contributed by atoms with Crippen LogP contribution in [0.3, 0.4) is 0 Å². The molecule has 0 amide bonds. The normalized spacial score (nSPS) is 19.1. The first-order chi connectivity index (χ1) is 9.26. The van der Waals surface area contributed by atoms with Crippen molar-refractivity contribution in [2.75, 3.05) is 0 Å².